The third-order valence-corrected chi connectivity index (χ3v) is 3.40. The van der Waals surface area contributed by atoms with E-state index in [2.05, 4.69) is 17.6 Å². The number of carbonyl (C=O) groups is 1. The summed E-state index contributed by atoms with van der Waals surface area (Å²) in [6.07, 6.45) is 2.05. The van der Waals surface area contributed by atoms with E-state index in [1.54, 1.807) is 7.11 Å². The normalized spacial score (nSPS) is 15.3. The lowest BCUT2D eigenvalue weighted by molar-refractivity contribution is 0.0933. The highest BCUT2D eigenvalue weighted by atomic mass is 16.5. The highest BCUT2D eigenvalue weighted by Gasteiger charge is 2.17. The molecule has 4 heteroatoms. The van der Waals surface area contributed by atoms with Crippen LogP contribution < -0.4 is 10.6 Å². The van der Waals surface area contributed by atoms with E-state index >= 15 is 0 Å². The van der Waals surface area contributed by atoms with Crippen molar-refractivity contribution in [1.29, 1.82) is 0 Å². The fourth-order valence-electron chi connectivity index (χ4n) is 2.43. The molecule has 1 atom stereocenters. The van der Waals surface area contributed by atoms with Gasteiger partial charge in [0.25, 0.3) is 5.91 Å². The zero-order valence-electron chi connectivity index (χ0n) is 11.7. The molecule has 0 radical (unpaired) electrons. The maximum Gasteiger partial charge on any atom is 0.251 e. The number of carbonyl (C=O) groups excluding carboxylic acids is 1. The lowest BCUT2D eigenvalue weighted by Crippen LogP contribution is -2.31. The zero-order chi connectivity index (χ0) is 13.7. The molecule has 0 saturated carbocycles. The Kier molecular flexibility index (Phi) is 4.80. The van der Waals surface area contributed by atoms with Crippen LogP contribution in [0, 0.1) is 5.92 Å². The van der Waals surface area contributed by atoms with E-state index in [0.29, 0.717) is 19.1 Å². The fourth-order valence-corrected chi connectivity index (χ4v) is 2.43. The van der Waals surface area contributed by atoms with Crippen LogP contribution in [-0.4, -0.2) is 32.7 Å². The van der Waals surface area contributed by atoms with Crippen LogP contribution in [0.25, 0.3) is 0 Å². The van der Waals surface area contributed by atoms with Gasteiger partial charge in [-0.1, -0.05) is 13.0 Å². The first-order valence-corrected chi connectivity index (χ1v) is 6.85. The summed E-state index contributed by atoms with van der Waals surface area (Å²) < 4.78 is 5.07. The van der Waals surface area contributed by atoms with Crippen molar-refractivity contribution in [1.82, 2.24) is 5.32 Å². The van der Waals surface area contributed by atoms with Crippen molar-refractivity contribution in [3.05, 3.63) is 29.3 Å². The minimum absolute atomic E-state index is 0.0171. The summed E-state index contributed by atoms with van der Waals surface area (Å²) in [5.74, 6) is 0.343. The SMILES string of the molecule is COCC(C)CNC(=O)c1cccc2c1CCCN2. The molecule has 0 saturated heterocycles. The number of rotatable bonds is 5. The van der Waals surface area contributed by atoms with Gasteiger partial charge >= 0.3 is 0 Å². The van der Waals surface area contributed by atoms with E-state index in [9.17, 15) is 4.79 Å². The molecule has 2 rings (SSSR count). The molecule has 1 unspecified atom stereocenters. The van der Waals surface area contributed by atoms with Gasteiger partial charge in [-0.15, -0.1) is 0 Å². The standard InChI is InChI=1S/C15H22N2O2/c1-11(10-19-2)9-17-15(18)13-5-3-7-14-12(13)6-4-8-16-14/h3,5,7,11,16H,4,6,8-10H2,1-2H3,(H,17,18). The quantitative estimate of drug-likeness (QED) is 0.854. The van der Waals surface area contributed by atoms with Crippen molar-refractivity contribution < 1.29 is 9.53 Å². The summed E-state index contributed by atoms with van der Waals surface area (Å²) >= 11 is 0. The molecule has 0 bridgehead atoms. The van der Waals surface area contributed by atoms with Gasteiger partial charge in [0, 0.05) is 31.5 Å². The van der Waals surface area contributed by atoms with Crippen LogP contribution in [0.15, 0.2) is 18.2 Å². The Morgan fingerprint density at radius 3 is 3.16 bits per heavy atom. The first-order valence-electron chi connectivity index (χ1n) is 6.85. The lowest BCUT2D eigenvalue weighted by atomic mass is 9.97. The van der Waals surface area contributed by atoms with Crippen molar-refractivity contribution in [2.24, 2.45) is 5.92 Å². The molecule has 0 aliphatic carbocycles. The topological polar surface area (TPSA) is 50.4 Å². The van der Waals surface area contributed by atoms with E-state index in [1.807, 2.05) is 18.2 Å². The zero-order valence-corrected chi connectivity index (χ0v) is 11.7. The molecule has 1 amide bonds. The molecule has 1 aliphatic rings. The van der Waals surface area contributed by atoms with Gasteiger partial charge in [0.1, 0.15) is 0 Å². The van der Waals surface area contributed by atoms with Crippen molar-refractivity contribution >= 4 is 11.6 Å². The summed E-state index contributed by atoms with van der Waals surface area (Å²) in [5.41, 5.74) is 3.05. The number of nitrogens with one attached hydrogen (secondary N) is 2. The number of hydrogen-bond acceptors (Lipinski definition) is 3. The predicted octanol–water partition coefficient (Wildman–Crippen LogP) is 2.06. The van der Waals surface area contributed by atoms with Gasteiger partial charge in [-0.25, -0.2) is 0 Å². The summed E-state index contributed by atoms with van der Waals surface area (Å²) in [7, 11) is 1.68. The first kappa shape index (κ1) is 13.9. The highest BCUT2D eigenvalue weighted by Crippen LogP contribution is 2.25. The Morgan fingerprint density at radius 1 is 1.53 bits per heavy atom. The number of methoxy groups -OCH3 is 1. The molecule has 104 valence electrons. The van der Waals surface area contributed by atoms with E-state index in [4.69, 9.17) is 4.74 Å². The average molecular weight is 262 g/mol. The Balaban J connectivity index is 2.03. The van der Waals surface area contributed by atoms with Crippen LogP contribution in [0.5, 0.6) is 0 Å². The van der Waals surface area contributed by atoms with Crippen molar-refractivity contribution in [3.8, 4) is 0 Å². The largest absolute Gasteiger partial charge is 0.385 e. The van der Waals surface area contributed by atoms with E-state index < -0.39 is 0 Å². The molecule has 0 aromatic heterocycles. The Hall–Kier alpha value is -1.55. The number of anilines is 1. The fraction of sp³-hybridized carbons (Fsp3) is 0.533. The van der Waals surface area contributed by atoms with E-state index in [-0.39, 0.29) is 5.91 Å². The second-order valence-corrected chi connectivity index (χ2v) is 5.13. The van der Waals surface area contributed by atoms with Crippen LogP contribution in [-0.2, 0) is 11.2 Å². The van der Waals surface area contributed by atoms with Gasteiger partial charge in [0.15, 0.2) is 0 Å². The first-order chi connectivity index (χ1) is 9.22. The van der Waals surface area contributed by atoms with Crippen LogP contribution in [0.4, 0.5) is 5.69 Å². The lowest BCUT2D eigenvalue weighted by Gasteiger charge is -2.21. The molecule has 2 N–H and O–H groups in total. The molecule has 1 heterocycles. The summed E-state index contributed by atoms with van der Waals surface area (Å²) in [6.45, 7) is 4.35. The summed E-state index contributed by atoms with van der Waals surface area (Å²) in [6, 6.07) is 5.88. The molecular weight excluding hydrogens is 240 g/mol. The van der Waals surface area contributed by atoms with Gasteiger partial charge in [-0.3, -0.25) is 4.79 Å². The average Bonchev–Trinajstić information content (AvgIpc) is 2.44. The van der Waals surface area contributed by atoms with Gasteiger partial charge in [-0.2, -0.15) is 0 Å². The van der Waals surface area contributed by atoms with E-state index in [1.165, 1.54) is 0 Å². The minimum Gasteiger partial charge on any atom is -0.385 e. The molecule has 19 heavy (non-hydrogen) atoms. The van der Waals surface area contributed by atoms with Gasteiger partial charge in [-0.05, 0) is 36.5 Å². The summed E-state index contributed by atoms with van der Waals surface area (Å²) in [4.78, 5) is 12.2. The minimum atomic E-state index is 0.0171. The molecule has 0 spiro atoms. The van der Waals surface area contributed by atoms with Crippen LogP contribution in [0.3, 0.4) is 0 Å². The second-order valence-electron chi connectivity index (χ2n) is 5.13. The monoisotopic (exact) mass is 262 g/mol. The Morgan fingerprint density at radius 2 is 2.37 bits per heavy atom. The van der Waals surface area contributed by atoms with Gasteiger partial charge in [0.05, 0.1) is 6.61 Å². The second kappa shape index (κ2) is 6.57. The smallest absolute Gasteiger partial charge is 0.251 e. The number of hydrogen-bond donors (Lipinski definition) is 2. The molecule has 1 aliphatic heterocycles. The third-order valence-electron chi connectivity index (χ3n) is 3.40. The number of ether oxygens (including phenoxy) is 1. The van der Waals surface area contributed by atoms with Crippen molar-refractivity contribution in [2.75, 3.05) is 32.1 Å². The van der Waals surface area contributed by atoms with Crippen molar-refractivity contribution in [2.45, 2.75) is 19.8 Å². The number of amides is 1. The van der Waals surface area contributed by atoms with Gasteiger partial charge in [0.2, 0.25) is 0 Å². The van der Waals surface area contributed by atoms with Gasteiger partial charge < -0.3 is 15.4 Å². The maximum atomic E-state index is 12.2. The number of fused-ring (bicyclic) bond motifs is 1. The van der Waals surface area contributed by atoms with Crippen molar-refractivity contribution in [3.63, 3.8) is 0 Å². The third kappa shape index (κ3) is 3.47. The molecular formula is C15H22N2O2. The van der Waals surface area contributed by atoms with Crippen LogP contribution in [0.1, 0.15) is 29.3 Å². The molecule has 1 aromatic carbocycles. The molecule has 1 aromatic rings. The van der Waals surface area contributed by atoms with Crippen LogP contribution >= 0.6 is 0 Å². The molecule has 0 fully saturated rings. The summed E-state index contributed by atoms with van der Waals surface area (Å²) in [5, 5.41) is 6.33. The molecule has 4 nitrogen and oxygen atoms in total. The Bertz CT molecular complexity index is 446. The highest BCUT2D eigenvalue weighted by molar-refractivity contribution is 5.97. The number of benzene rings is 1. The Labute approximate surface area is 114 Å². The predicted molar refractivity (Wildman–Crippen MR) is 76.6 cm³/mol. The van der Waals surface area contributed by atoms with Crippen LogP contribution in [0.2, 0.25) is 0 Å². The maximum absolute atomic E-state index is 12.2. The van der Waals surface area contributed by atoms with E-state index in [0.717, 1.165) is 36.2 Å².